The zero-order valence-corrected chi connectivity index (χ0v) is 13.6. The van der Waals surface area contributed by atoms with E-state index in [1.807, 2.05) is 37.3 Å². The van der Waals surface area contributed by atoms with Crippen LogP contribution in [-0.4, -0.2) is 33.7 Å². The van der Waals surface area contributed by atoms with Crippen molar-refractivity contribution >= 4 is 12.4 Å². The molecule has 0 saturated heterocycles. The van der Waals surface area contributed by atoms with Crippen molar-refractivity contribution in [1.82, 2.24) is 20.6 Å². The molecule has 2 heterocycles. The van der Waals surface area contributed by atoms with Crippen LogP contribution in [0.15, 0.2) is 47.2 Å². The van der Waals surface area contributed by atoms with Crippen LogP contribution in [0.1, 0.15) is 12.5 Å². The van der Waals surface area contributed by atoms with Crippen molar-refractivity contribution < 1.29 is 9.26 Å². The van der Waals surface area contributed by atoms with Gasteiger partial charge in [-0.2, -0.15) is 0 Å². The largest absolute Gasteiger partial charge is 0.474 e. The molecule has 0 saturated carbocycles. The minimum Gasteiger partial charge on any atom is -0.474 e. The second-order valence-corrected chi connectivity index (χ2v) is 4.31. The van der Waals surface area contributed by atoms with Crippen LogP contribution >= 0.6 is 12.4 Å². The summed E-state index contributed by atoms with van der Waals surface area (Å²) < 4.78 is 10.8. The van der Waals surface area contributed by atoms with Gasteiger partial charge < -0.3 is 15.0 Å². The number of hydrogen-bond acceptors (Lipinski definition) is 6. The second-order valence-electron chi connectivity index (χ2n) is 4.31. The molecule has 0 unspecified atom stereocenters. The van der Waals surface area contributed by atoms with Gasteiger partial charge in [-0.1, -0.05) is 42.5 Å². The van der Waals surface area contributed by atoms with Gasteiger partial charge in [-0.25, -0.2) is 0 Å². The first-order valence-electron chi connectivity index (χ1n) is 7.04. The Hall–Kier alpha value is -2.38. The van der Waals surface area contributed by atoms with Crippen LogP contribution in [0.4, 0.5) is 0 Å². The number of halogens is 1. The van der Waals surface area contributed by atoms with E-state index in [0.29, 0.717) is 19.0 Å². The normalized spacial score (nSPS) is 9.48. The Labute approximate surface area is 140 Å². The Morgan fingerprint density at radius 3 is 2.57 bits per heavy atom. The van der Waals surface area contributed by atoms with Gasteiger partial charge in [0, 0.05) is 18.3 Å². The van der Waals surface area contributed by atoms with Crippen molar-refractivity contribution in [1.29, 1.82) is 0 Å². The van der Waals surface area contributed by atoms with E-state index in [-0.39, 0.29) is 12.4 Å². The van der Waals surface area contributed by atoms with Gasteiger partial charge in [-0.05, 0) is 11.6 Å². The monoisotopic (exact) mass is 337 g/mol. The third-order valence-electron chi connectivity index (χ3n) is 2.83. The Morgan fingerprint density at radius 1 is 1.26 bits per heavy atom. The molecule has 0 fully saturated rings. The third-order valence-corrected chi connectivity index (χ3v) is 2.83. The van der Waals surface area contributed by atoms with Crippen molar-refractivity contribution in [3.05, 3.63) is 48.3 Å². The van der Waals surface area contributed by atoms with Crippen LogP contribution in [0.5, 0.6) is 5.88 Å². The van der Waals surface area contributed by atoms with Gasteiger partial charge >= 0.3 is 0 Å². The Bertz CT molecular complexity index is 626. The van der Waals surface area contributed by atoms with Crippen molar-refractivity contribution in [2.24, 2.45) is 5.73 Å². The standard InChI is InChI=1S/C13H16N2O2.C2H3N3.ClH/c1-2-11-12(10-6-4-3-5-7-10)17-15-13(11)16-9-8-14;1-2-4-5-3-1;/h3-7H,2,8-9,14H2,1H3;1-2H,(H,3,4,5);1H. The number of benzene rings is 1. The number of ether oxygens (including phenoxy) is 1. The molecule has 0 bridgehead atoms. The first-order valence-corrected chi connectivity index (χ1v) is 7.04. The highest BCUT2D eigenvalue weighted by Gasteiger charge is 2.16. The van der Waals surface area contributed by atoms with Gasteiger partial charge in [0.1, 0.15) is 6.61 Å². The fourth-order valence-corrected chi connectivity index (χ4v) is 1.86. The molecule has 23 heavy (non-hydrogen) atoms. The van der Waals surface area contributed by atoms with Crippen LogP contribution < -0.4 is 10.5 Å². The summed E-state index contributed by atoms with van der Waals surface area (Å²) in [6.45, 7) is 2.97. The first kappa shape index (κ1) is 18.7. The first-order chi connectivity index (χ1) is 10.9. The van der Waals surface area contributed by atoms with Gasteiger partial charge in [0.05, 0.1) is 11.8 Å². The predicted molar refractivity (Wildman–Crippen MR) is 89.5 cm³/mol. The number of nitrogens with zero attached hydrogens (tertiary/aromatic N) is 3. The van der Waals surface area contributed by atoms with E-state index in [0.717, 1.165) is 23.3 Å². The molecule has 124 valence electrons. The molecule has 3 aromatic rings. The highest BCUT2D eigenvalue weighted by Crippen LogP contribution is 2.30. The van der Waals surface area contributed by atoms with Gasteiger partial charge in [0.15, 0.2) is 5.76 Å². The van der Waals surface area contributed by atoms with E-state index < -0.39 is 0 Å². The summed E-state index contributed by atoms with van der Waals surface area (Å²) in [5, 5.41) is 13.2. The van der Waals surface area contributed by atoms with Gasteiger partial charge in [-0.3, -0.25) is 5.10 Å². The van der Waals surface area contributed by atoms with Crippen molar-refractivity contribution in [2.45, 2.75) is 13.3 Å². The molecule has 0 atom stereocenters. The van der Waals surface area contributed by atoms with Crippen LogP contribution in [0, 0.1) is 0 Å². The summed E-state index contributed by atoms with van der Waals surface area (Å²) in [5.41, 5.74) is 7.41. The van der Waals surface area contributed by atoms with Gasteiger partial charge in [-0.15, -0.1) is 17.5 Å². The number of nitrogens with two attached hydrogens (primary N) is 1. The van der Waals surface area contributed by atoms with Crippen LogP contribution in [0.25, 0.3) is 11.3 Å². The van der Waals surface area contributed by atoms with Crippen molar-refractivity contribution in [2.75, 3.05) is 13.2 Å². The van der Waals surface area contributed by atoms with Gasteiger partial charge in [0.25, 0.3) is 5.88 Å². The fraction of sp³-hybridized carbons (Fsp3) is 0.267. The molecule has 0 spiro atoms. The van der Waals surface area contributed by atoms with Gasteiger partial charge in [0.2, 0.25) is 0 Å². The maximum absolute atomic E-state index is 5.45. The fourth-order valence-electron chi connectivity index (χ4n) is 1.86. The molecular formula is C15H20ClN5O2. The highest BCUT2D eigenvalue weighted by molar-refractivity contribution is 5.85. The summed E-state index contributed by atoms with van der Waals surface area (Å²) in [4.78, 5) is 0. The topological polar surface area (TPSA) is 103 Å². The zero-order valence-electron chi connectivity index (χ0n) is 12.8. The molecule has 0 radical (unpaired) electrons. The summed E-state index contributed by atoms with van der Waals surface area (Å²) in [7, 11) is 0. The van der Waals surface area contributed by atoms with E-state index in [2.05, 4.69) is 20.6 Å². The minimum absolute atomic E-state index is 0. The third kappa shape index (κ3) is 5.39. The van der Waals surface area contributed by atoms with Crippen LogP contribution in [-0.2, 0) is 6.42 Å². The lowest BCUT2D eigenvalue weighted by atomic mass is 10.1. The molecule has 3 rings (SSSR count). The molecule has 0 aliphatic carbocycles. The zero-order chi connectivity index (χ0) is 15.6. The maximum atomic E-state index is 5.45. The molecular weight excluding hydrogens is 318 g/mol. The number of aromatic nitrogens is 4. The molecule has 0 aliphatic heterocycles. The van der Waals surface area contributed by atoms with E-state index in [1.165, 1.54) is 0 Å². The molecule has 8 heteroatoms. The number of hydrogen-bond donors (Lipinski definition) is 2. The highest BCUT2D eigenvalue weighted by atomic mass is 35.5. The quantitative estimate of drug-likeness (QED) is 0.741. The van der Waals surface area contributed by atoms with Crippen LogP contribution in [0.3, 0.4) is 0 Å². The molecule has 0 amide bonds. The van der Waals surface area contributed by atoms with E-state index in [1.54, 1.807) is 12.4 Å². The minimum atomic E-state index is 0. The molecule has 7 nitrogen and oxygen atoms in total. The summed E-state index contributed by atoms with van der Waals surface area (Å²) in [6.07, 6.45) is 4.05. The second kappa shape index (κ2) is 10.4. The van der Waals surface area contributed by atoms with Crippen molar-refractivity contribution in [3.8, 4) is 17.2 Å². The number of nitrogens with one attached hydrogen (secondary N) is 1. The summed E-state index contributed by atoms with van der Waals surface area (Å²) in [6, 6.07) is 9.89. The number of rotatable bonds is 5. The smallest absolute Gasteiger partial charge is 0.258 e. The van der Waals surface area contributed by atoms with Crippen LogP contribution in [0.2, 0.25) is 0 Å². The van der Waals surface area contributed by atoms with Crippen molar-refractivity contribution in [3.63, 3.8) is 0 Å². The SMILES string of the molecule is CCc1c(OCCN)noc1-c1ccccc1.Cl.c1c[nH]nn1. The lowest BCUT2D eigenvalue weighted by Crippen LogP contribution is -2.11. The summed E-state index contributed by atoms with van der Waals surface area (Å²) in [5.74, 6) is 1.33. The molecule has 1 aromatic carbocycles. The lowest BCUT2D eigenvalue weighted by Gasteiger charge is -2.02. The molecule has 0 aliphatic rings. The van der Waals surface area contributed by atoms with E-state index in [9.17, 15) is 0 Å². The number of H-pyrrole nitrogens is 1. The van der Waals surface area contributed by atoms with E-state index in [4.69, 9.17) is 15.0 Å². The average molecular weight is 338 g/mol. The number of aromatic amines is 1. The Morgan fingerprint density at radius 2 is 2.04 bits per heavy atom. The molecule has 3 N–H and O–H groups in total. The maximum Gasteiger partial charge on any atom is 0.258 e. The van der Waals surface area contributed by atoms with E-state index >= 15 is 0 Å². The molecule has 2 aromatic heterocycles. The average Bonchev–Trinajstić information content (AvgIpc) is 3.26. The Balaban J connectivity index is 0.000000377. The lowest BCUT2D eigenvalue weighted by molar-refractivity contribution is 0.287. The Kier molecular flexibility index (Phi) is 8.41. The summed E-state index contributed by atoms with van der Waals surface area (Å²) >= 11 is 0. The predicted octanol–water partition coefficient (Wildman–Crippen LogP) is 2.47.